The zero-order valence-electron chi connectivity index (χ0n) is 20.7. The van der Waals surface area contributed by atoms with Crippen LogP contribution in [0.25, 0.3) is 71.6 Å². The highest BCUT2D eigenvalue weighted by molar-refractivity contribution is 6.12. The maximum absolute atomic E-state index is 3.55. The van der Waals surface area contributed by atoms with Crippen LogP contribution in [0.5, 0.6) is 0 Å². The smallest absolute Gasteiger partial charge is 0.0541 e. The van der Waals surface area contributed by atoms with E-state index in [9.17, 15) is 0 Å². The lowest BCUT2D eigenvalue weighted by Gasteiger charge is -2.08. The zero-order valence-corrected chi connectivity index (χ0v) is 20.7. The third-order valence-corrected chi connectivity index (χ3v) is 7.73. The molecule has 0 spiro atoms. The minimum atomic E-state index is 1.17. The largest absolute Gasteiger partial charge is 0.355 e. The van der Waals surface area contributed by atoms with Gasteiger partial charge in [0.05, 0.1) is 11.0 Å². The summed E-state index contributed by atoms with van der Waals surface area (Å²) in [4.78, 5) is 3.55. The van der Waals surface area contributed by atoms with E-state index < -0.39 is 0 Å². The minimum absolute atomic E-state index is 1.17. The Morgan fingerprint density at radius 2 is 0.895 bits per heavy atom. The Labute approximate surface area is 220 Å². The summed E-state index contributed by atoms with van der Waals surface area (Å²) in [6.45, 7) is 0. The molecule has 6 aromatic carbocycles. The Balaban J connectivity index is 1.39. The van der Waals surface area contributed by atoms with Crippen LogP contribution in [-0.4, -0.2) is 9.55 Å². The Morgan fingerprint density at radius 1 is 0.368 bits per heavy atom. The highest BCUT2D eigenvalue weighted by atomic mass is 15.0. The molecule has 0 saturated carbocycles. The number of benzene rings is 6. The molecule has 0 aliphatic rings. The quantitative estimate of drug-likeness (QED) is 0.258. The molecule has 0 fully saturated rings. The van der Waals surface area contributed by atoms with Crippen molar-refractivity contribution in [3.63, 3.8) is 0 Å². The number of aromatic amines is 1. The molecule has 2 aromatic heterocycles. The number of nitrogens with zero attached hydrogens (tertiary/aromatic N) is 1. The molecule has 2 heterocycles. The van der Waals surface area contributed by atoms with Crippen LogP contribution in [0.1, 0.15) is 0 Å². The van der Waals surface area contributed by atoms with E-state index >= 15 is 0 Å². The normalized spacial score (nSPS) is 11.7. The minimum Gasteiger partial charge on any atom is -0.355 e. The highest BCUT2D eigenvalue weighted by Crippen LogP contribution is 2.38. The lowest BCUT2D eigenvalue weighted by molar-refractivity contribution is 1.18. The van der Waals surface area contributed by atoms with Gasteiger partial charge in [-0.2, -0.15) is 0 Å². The van der Waals surface area contributed by atoms with Crippen LogP contribution in [0.15, 0.2) is 140 Å². The van der Waals surface area contributed by atoms with Crippen molar-refractivity contribution in [3.8, 4) is 27.9 Å². The van der Waals surface area contributed by atoms with Crippen LogP contribution in [0.3, 0.4) is 0 Å². The van der Waals surface area contributed by atoms with Gasteiger partial charge in [-0.25, -0.2) is 0 Å². The molecule has 178 valence electrons. The number of nitrogens with one attached hydrogen (secondary N) is 1. The predicted octanol–water partition coefficient (Wildman–Crippen LogP) is 9.75. The van der Waals surface area contributed by atoms with Gasteiger partial charge >= 0.3 is 0 Å². The average Bonchev–Trinajstić information content (AvgIpc) is 3.52. The Kier molecular flexibility index (Phi) is 4.55. The van der Waals surface area contributed by atoms with Crippen molar-refractivity contribution >= 4 is 43.6 Å². The van der Waals surface area contributed by atoms with E-state index in [2.05, 4.69) is 149 Å². The van der Waals surface area contributed by atoms with Crippen LogP contribution >= 0.6 is 0 Å². The summed E-state index contributed by atoms with van der Waals surface area (Å²) in [6, 6.07) is 50.3. The second kappa shape index (κ2) is 8.22. The molecule has 0 bridgehead atoms. The fraction of sp³-hybridized carbons (Fsp3) is 0. The summed E-state index contributed by atoms with van der Waals surface area (Å²) in [5.41, 5.74) is 10.9. The van der Waals surface area contributed by atoms with Gasteiger partial charge in [-0.15, -0.1) is 0 Å². The van der Waals surface area contributed by atoms with E-state index in [4.69, 9.17) is 0 Å². The fourth-order valence-electron chi connectivity index (χ4n) is 5.90. The molecule has 0 saturated heterocycles. The van der Waals surface area contributed by atoms with E-state index in [0.717, 1.165) is 0 Å². The SMILES string of the molecule is c1ccc(-c2ccc3c(c2)c2cc(-c4ccc5[nH]c6ccccc6c5c4)ccc2n3-c2ccccc2)cc1. The molecule has 0 atom stereocenters. The first-order valence-corrected chi connectivity index (χ1v) is 13.0. The number of rotatable bonds is 3. The molecule has 0 aliphatic carbocycles. The number of hydrogen-bond acceptors (Lipinski definition) is 0. The van der Waals surface area contributed by atoms with Crippen molar-refractivity contribution in [2.24, 2.45) is 0 Å². The summed E-state index contributed by atoms with van der Waals surface area (Å²) >= 11 is 0. The van der Waals surface area contributed by atoms with Crippen molar-refractivity contribution in [2.75, 3.05) is 0 Å². The highest BCUT2D eigenvalue weighted by Gasteiger charge is 2.15. The van der Waals surface area contributed by atoms with Crippen molar-refractivity contribution in [3.05, 3.63) is 140 Å². The maximum atomic E-state index is 3.55. The fourth-order valence-corrected chi connectivity index (χ4v) is 5.90. The van der Waals surface area contributed by atoms with Gasteiger partial charge in [-0.1, -0.05) is 84.9 Å². The molecule has 8 aromatic rings. The van der Waals surface area contributed by atoms with Crippen LogP contribution in [0.4, 0.5) is 0 Å². The van der Waals surface area contributed by atoms with Gasteiger partial charge in [0.2, 0.25) is 0 Å². The van der Waals surface area contributed by atoms with E-state index in [-0.39, 0.29) is 0 Å². The number of fused-ring (bicyclic) bond motifs is 6. The van der Waals surface area contributed by atoms with Crippen molar-refractivity contribution < 1.29 is 0 Å². The van der Waals surface area contributed by atoms with Gasteiger partial charge in [0.1, 0.15) is 0 Å². The lowest BCUT2D eigenvalue weighted by atomic mass is 9.99. The van der Waals surface area contributed by atoms with E-state index in [1.807, 2.05) is 0 Å². The molecule has 8 rings (SSSR count). The number of aromatic nitrogens is 2. The third kappa shape index (κ3) is 3.21. The number of hydrogen-bond donors (Lipinski definition) is 1. The van der Waals surface area contributed by atoms with Gasteiger partial charge in [0.15, 0.2) is 0 Å². The van der Waals surface area contributed by atoms with Crippen molar-refractivity contribution in [2.45, 2.75) is 0 Å². The first-order valence-electron chi connectivity index (χ1n) is 13.0. The van der Waals surface area contributed by atoms with Gasteiger partial charge in [0, 0.05) is 38.3 Å². The van der Waals surface area contributed by atoms with Crippen LogP contribution in [0.2, 0.25) is 0 Å². The molecule has 2 heteroatoms. The molecule has 0 radical (unpaired) electrons. The summed E-state index contributed by atoms with van der Waals surface area (Å²) in [5.74, 6) is 0. The van der Waals surface area contributed by atoms with Crippen LogP contribution in [-0.2, 0) is 0 Å². The van der Waals surface area contributed by atoms with E-state index in [0.29, 0.717) is 0 Å². The summed E-state index contributed by atoms with van der Waals surface area (Å²) < 4.78 is 2.38. The predicted molar refractivity (Wildman–Crippen MR) is 161 cm³/mol. The molecule has 2 nitrogen and oxygen atoms in total. The second-order valence-electron chi connectivity index (χ2n) is 9.93. The van der Waals surface area contributed by atoms with Gasteiger partial charge in [-0.3, -0.25) is 0 Å². The van der Waals surface area contributed by atoms with Gasteiger partial charge < -0.3 is 9.55 Å². The van der Waals surface area contributed by atoms with Crippen molar-refractivity contribution in [1.29, 1.82) is 0 Å². The summed E-state index contributed by atoms with van der Waals surface area (Å²) in [7, 11) is 0. The van der Waals surface area contributed by atoms with Crippen molar-refractivity contribution in [1.82, 2.24) is 9.55 Å². The molecule has 0 aliphatic heterocycles. The van der Waals surface area contributed by atoms with Crippen LogP contribution in [0, 0.1) is 0 Å². The molecule has 1 N–H and O–H groups in total. The summed E-state index contributed by atoms with van der Waals surface area (Å²) in [5, 5.41) is 5.05. The second-order valence-corrected chi connectivity index (χ2v) is 9.93. The first kappa shape index (κ1) is 21.0. The molecular weight excluding hydrogens is 460 g/mol. The molecular formula is C36H24N2. The molecule has 0 unspecified atom stereocenters. The summed E-state index contributed by atoms with van der Waals surface area (Å²) in [6.07, 6.45) is 0. The average molecular weight is 485 g/mol. The van der Waals surface area contributed by atoms with Gasteiger partial charge in [0.25, 0.3) is 0 Å². The third-order valence-electron chi connectivity index (χ3n) is 7.73. The van der Waals surface area contributed by atoms with E-state index in [1.54, 1.807) is 0 Å². The number of H-pyrrole nitrogens is 1. The molecule has 0 amide bonds. The lowest BCUT2D eigenvalue weighted by Crippen LogP contribution is -1.93. The van der Waals surface area contributed by atoms with E-state index in [1.165, 1.54) is 71.6 Å². The first-order chi connectivity index (χ1) is 18.8. The Bertz CT molecular complexity index is 2110. The Morgan fingerprint density at radius 3 is 1.61 bits per heavy atom. The van der Waals surface area contributed by atoms with Gasteiger partial charge in [-0.05, 0) is 76.9 Å². The van der Waals surface area contributed by atoms with Crippen LogP contribution < -0.4 is 0 Å². The topological polar surface area (TPSA) is 20.7 Å². The maximum Gasteiger partial charge on any atom is 0.0541 e. The monoisotopic (exact) mass is 484 g/mol. The zero-order chi connectivity index (χ0) is 25.1. The molecule has 38 heavy (non-hydrogen) atoms. The Hall–Kier alpha value is -5.08. The standard InChI is InChI=1S/C36H24N2/c1-3-9-24(10-4-1)25-16-19-35-31(22-25)32-23-27(17-20-36(32)38(35)28-11-5-2-6-12-28)26-15-18-34-30(21-26)29-13-7-8-14-33(29)37-34/h1-23,37H. The number of para-hydroxylation sites is 2.